The highest BCUT2D eigenvalue weighted by Crippen LogP contribution is 2.28. The molecule has 1 fully saturated rings. The smallest absolute Gasteiger partial charge is 0.250 e. The Bertz CT molecular complexity index is 174. The van der Waals surface area contributed by atoms with Gasteiger partial charge in [-0.15, -0.1) is 0 Å². The van der Waals surface area contributed by atoms with Gasteiger partial charge in [-0.25, -0.2) is 8.78 Å². The highest BCUT2D eigenvalue weighted by Gasteiger charge is 2.33. The van der Waals surface area contributed by atoms with E-state index in [-0.39, 0.29) is 12.8 Å². The van der Waals surface area contributed by atoms with Crippen LogP contribution in [0.1, 0.15) is 40.0 Å². The highest BCUT2D eigenvalue weighted by molar-refractivity contribution is 4.78. The minimum absolute atomic E-state index is 0.0388. The first-order valence-corrected chi connectivity index (χ1v) is 5.39. The maximum absolute atomic E-state index is 12.8. The molecule has 1 nitrogen and oxygen atoms in total. The average Bonchev–Trinajstić information content (AvgIpc) is 2.01. The van der Waals surface area contributed by atoms with Crippen LogP contribution in [0.3, 0.4) is 0 Å². The fourth-order valence-electron chi connectivity index (χ4n) is 1.60. The van der Waals surface area contributed by atoms with Gasteiger partial charge in [-0.1, -0.05) is 20.8 Å². The van der Waals surface area contributed by atoms with E-state index in [0.717, 1.165) is 13.0 Å². The molecule has 1 heterocycles. The zero-order chi connectivity index (χ0) is 10.8. The summed E-state index contributed by atoms with van der Waals surface area (Å²) in [4.78, 5) is 2.16. The van der Waals surface area contributed by atoms with Gasteiger partial charge in [-0.2, -0.15) is 0 Å². The number of nitrogens with zero attached hydrogens (tertiary/aromatic N) is 1. The Balaban J connectivity index is 2.23. The third-order valence-electron chi connectivity index (χ3n) is 2.77. The normalized spacial score (nSPS) is 23.8. The Morgan fingerprint density at radius 3 is 2.07 bits per heavy atom. The minimum atomic E-state index is -2.40. The molecule has 0 bridgehead atoms. The molecule has 1 aliphatic rings. The predicted octanol–water partition coefficient (Wildman–Crippen LogP) is 3.15. The molecule has 84 valence electrons. The van der Waals surface area contributed by atoms with Crippen LogP contribution in [0.4, 0.5) is 8.78 Å². The van der Waals surface area contributed by atoms with E-state index < -0.39 is 5.92 Å². The van der Waals surface area contributed by atoms with Gasteiger partial charge in [0.15, 0.2) is 0 Å². The van der Waals surface area contributed by atoms with Crippen molar-refractivity contribution in [1.82, 2.24) is 4.90 Å². The van der Waals surface area contributed by atoms with Crippen LogP contribution in [0.5, 0.6) is 0 Å². The largest absolute Gasteiger partial charge is 0.303 e. The fraction of sp³-hybridized carbons (Fsp3) is 1.00. The number of likely N-dealkylation sites (tertiary alicyclic amines) is 1. The molecule has 0 atom stereocenters. The monoisotopic (exact) mass is 205 g/mol. The van der Waals surface area contributed by atoms with E-state index in [0.29, 0.717) is 18.5 Å². The number of rotatable bonds is 2. The molecule has 3 heteroatoms. The topological polar surface area (TPSA) is 3.24 Å². The molecule has 0 amide bonds. The van der Waals surface area contributed by atoms with Crippen LogP contribution in [0.15, 0.2) is 0 Å². The zero-order valence-corrected chi connectivity index (χ0v) is 9.45. The average molecular weight is 205 g/mol. The van der Waals surface area contributed by atoms with Gasteiger partial charge < -0.3 is 4.90 Å². The van der Waals surface area contributed by atoms with E-state index >= 15 is 0 Å². The zero-order valence-electron chi connectivity index (χ0n) is 9.45. The summed E-state index contributed by atoms with van der Waals surface area (Å²) in [5.41, 5.74) is 0.306. The molecule has 0 aliphatic carbocycles. The molecule has 0 aromatic heterocycles. The van der Waals surface area contributed by atoms with Gasteiger partial charge in [-0.3, -0.25) is 0 Å². The number of hydrogen-bond donors (Lipinski definition) is 0. The van der Waals surface area contributed by atoms with E-state index in [1.54, 1.807) is 0 Å². The Kier molecular flexibility index (Phi) is 3.51. The Labute approximate surface area is 85.5 Å². The molecule has 0 spiro atoms. The van der Waals surface area contributed by atoms with E-state index in [9.17, 15) is 8.78 Å². The predicted molar refractivity (Wildman–Crippen MR) is 54.7 cm³/mol. The summed E-state index contributed by atoms with van der Waals surface area (Å²) < 4.78 is 25.7. The summed E-state index contributed by atoms with van der Waals surface area (Å²) in [6.45, 7) is 8.63. The molecular formula is C11H21F2N. The summed E-state index contributed by atoms with van der Waals surface area (Å²) >= 11 is 0. The maximum Gasteiger partial charge on any atom is 0.250 e. The van der Waals surface area contributed by atoms with Crippen LogP contribution in [0.2, 0.25) is 0 Å². The van der Waals surface area contributed by atoms with Crippen molar-refractivity contribution < 1.29 is 8.78 Å². The Morgan fingerprint density at radius 2 is 1.64 bits per heavy atom. The fourth-order valence-corrected chi connectivity index (χ4v) is 1.60. The second kappa shape index (κ2) is 4.13. The second-order valence-corrected chi connectivity index (χ2v) is 5.51. The first-order valence-electron chi connectivity index (χ1n) is 5.39. The van der Waals surface area contributed by atoms with Crippen LogP contribution in [-0.2, 0) is 0 Å². The molecule has 0 aromatic carbocycles. The molecule has 14 heavy (non-hydrogen) atoms. The summed E-state index contributed by atoms with van der Waals surface area (Å²) in [6, 6.07) is 0. The van der Waals surface area contributed by atoms with Gasteiger partial charge in [0.2, 0.25) is 0 Å². The lowest BCUT2D eigenvalue weighted by molar-refractivity contribution is -0.0561. The van der Waals surface area contributed by atoms with Gasteiger partial charge in [0.1, 0.15) is 0 Å². The van der Waals surface area contributed by atoms with Crippen molar-refractivity contribution in [3.8, 4) is 0 Å². The van der Waals surface area contributed by atoms with Crippen molar-refractivity contribution >= 4 is 0 Å². The van der Waals surface area contributed by atoms with Crippen LogP contribution >= 0.6 is 0 Å². The third-order valence-corrected chi connectivity index (χ3v) is 2.77. The number of hydrogen-bond acceptors (Lipinski definition) is 1. The first-order chi connectivity index (χ1) is 6.29. The third kappa shape index (κ3) is 4.36. The van der Waals surface area contributed by atoms with Gasteiger partial charge in [0, 0.05) is 25.9 Å². The molecular weight excluding hydrogens is 184 g/mol. The Morgan fingerprint density at radius 1 is 1.14 bits per heavy atom. The molecule has 0 N–H and O–H groups in total. The van der Waals surface area contributed by atoms with Crippen LogP contribution in [-0.4, -0.2) is 30.5 Å². The molecule has 0 aromatic rings. The Hall–Kier alpha value is -0.180. The van der Waals surface area contributed by atoms with E-state index in [2.05, 4.69) is 25.7 Å². The summed E-state index contributed by atoms with van der Waals surface area (Å²) in [6.07, 6.45) is 1.16. The molecule has 1 aliphatic heterocycles. The standard InChI is InChI=1S/C11H21F2N/c1-10(2,3)4-7-14-8-5-11(12,13)6-9-14/h4-9H2,1-3H3. The van der Waals surface area contributed by atoms with Crippen LogP contribution < -0.4 is 0 Å². The highest BCUT2D eigenvalue weighted by atomic mass is 19.3. The van der Waals surface area contributed by atoms with Gasteiger partial charge in [0.05, 0.1) is 0 Å². The molecule has 1 rings (SSSR count). The maximum atomic E-state index is 12.8. The van der Waals surface area contributed by atoms with Crippen molar-refractivity contribution in [2.24, 2.45) is 5.41 Å². The van der Waals surface area contributed by atoms with E-state index in [1.807, 2.05) is 0 Å². The minimum Gasteiger partial charge on any atom is -0.303 e. The van der Waals surface area contributed by atoms with Crippen molar-refractivity contribution in [2.45, 2.75) is 46.0 Å². The van der Waals surface area contributed by atoms with Gasteiger partial charge >= 0.3 is 0 Å². The summed E-state index contributed by atoms with van der Waals surface area (Å²) in [7, 11) is 0. The summed E-state index contributed by atoms with van der Waals surface area (Å²) in [5.74, 6) is -2.40. The molecule has 1 saturated heterocycles. The van der Waals surface area contributed by atoms with Crippen LogP contribution in [0, 0.1) is 5.41 Å². The van der Waals surface area contributed by atoms with Crippen molar-refractivity contribution in [2.75, 3.05) is 19.6 Å². The number of halogens is 2. The van der Waals surface area contributed by atoms with Gasteiger partial charge in [0.25, 0.3) is 5.92 Å². The van der Waals surface area contributed by atoms with E-state index in [1.165, 1.54) is 0 Å². The lowest BCUT2D eigenvalue weighted by atomic mass is 9.91. The lowest BCUT2D eigenvalue weighted by Crippen LogP contribution is -2.40. The van der Waals surface area contributed by atoms with E-state index in [4.69, 9.17) is 0 Å². The molecule has 0 unspecified atom stereocenters. The van der Waals surface area contributed by atoms with Crippen molar-refractivity contribution in [3.05, 3.63) is 0 Å². The number of piperidine rings is 1. The SMILES string of the molecule is CC(C)(C)CCN1CCC(F)(F)CC1. The van der Waals surface area contributed by atoms with Crippen LogP contribution in [0.25, 0.3) is 0 Å². The molecule has 0 radical (unpaired) electrons. The van der Waals surface area contributed by atoms with Crippen molar-refractivity contribution in [1.29, 1.82) is 0 Å². The summed E-state index contributed by atoms with van der Waals surface area (Å²) in [5, 5.41) is 0. The van der Waals surface area contributed by atoms with Gasteiger partial charge in [-0.05, 0) is 18.4 Å². The second-order valence-electron chi connectivity index (χ2n) is 5.51. The lowest BCUT2D eigenvalue weighted by Gasteiger charge is -2.33. The quantitative estimate of drug-likeness (QED) is 0.669. The number of alkyl halides is 2. The first kappa shape index (κ1) is 11.9. The van der Waals surface area contributed by atoms with Crippen molar-refractivity contribution in [3.63, 3.8) is 0 Å². The molecule has 0 saturated carbocycles.